The number of para-hydroxylation sites is 5. The van der Waals surface area contributed by atoms with E-state index in [9.17, 15) is 10.5 Å². The van der Waals surface area contributed by atoms with E-state index in [4.69, 9.17) is 4.98 Å². The maximum Gasteiger partial charge on any atom is 0.147 e. The Bertz CT molecular complexity index is 1940. The van der Waals surface area contributed by atoms with Gasteiger partial charge in [0.05, 0.1) is 51.4 Å². The van der Waals surface area contributed by atoms with Crippen molar-refractivity contribution in [3.05, 3.63) is 126 Å². The lowest BCUT2D eigenvalue weighted by Gasteiger charge is -2.27. The van der Waals surface area contributed by atoms with Crippen molar-refractivity contribution in [2.45, 2.75) is 0 Å². The smallest absolute Gasteiger partial charge is 0.147 e. The summed E-state index contributed by atoms with van der Waals surface area (Å²) < 4.78 is 2.24. The summed E-state index contributed by atoms with van der Waals surface area (Å²) >= 11 is 0. The van der Waals surface area contributed by atoms with Gasteiger partial charge in [0.1, 0.15) is 5.82 Å². The fourth-order valence-electron chi connectivity index (χ4n) is 5.31. The molecule has 2 heterocycles. The molecule has 0 saturated heterocycles. The molecule has 5 aromatic carbocycles. The van der Waals surface area contributed by atoms with Crippen LogP contribution in [0, 0.1) is 22.7 Å². The summed E-state index contributed by atoms with van der Waals surface area (Å²) in [6, 6.07) is 42.8. The van der Waals surface area contributed by atoms with Crippen molar-refractivity contribution in [1.29, 1.82) is 10.5 Å². The molecule has 1 aliphatic rings. The molecule has 1 aromatic heterocycles. The molecule has 0 radical (unpaired) electrons. The lowest BCUT2D eigenvalue weighted by molar-refractivity contribution is 1.11. The van der Waals surface area contributed by atoms with Gasteiger partial charge in [0, 0.05) is 11.3 Å². The number of hydrogen-bond donors (Lipinski definition) is 0. The molecule has 0 N–H and O–H groups in total. The highest BCUT2D eigenvalue weighted by Crippen LogP contribution is 2.48. The molecule has 0 saturated carbocycles. The Hall–Kier alpha value is -5.65. The largest absolute Gasteiger partial charge is 0.308 e. The first-order chi connectivity index (χ1) is 18.7. The molecule has 0 unspecified atom stereocenters. The second-order valence-electron chi connectivity index (χ2n) is 9.17. The van der Waals surface area contributed by atoms with Gasteiger partial charge in [-0.2, -0.15) is 10.5 Å². The quantitative estimate of drug-likeness (QED) is 0.250. The zero-order valence-corrected chi connectivity index (χ0v) is 20.2. The molecule has 0 atom stereocenters. The Balaban J connectivity index is 1.50. The number of rotatable bonds is 2. The van der Waals surface area contributed by atoms with Crippen LogP contribution in [-0.4, -0.2) is 9.55 Å². The monoisotopic (exact) mass is 485 g/mol. The summed E-state index contributed by atoms with van der Waals surface area (Å²) in [5.74, 6) is 0.897. The molecule has 0 amide bonds. The van der Waals surface area contributed by atoms with Crippen molar-refractivity contribution < 1.29 is 0 Å². The van der Waals surface area contributed by atoms with Crippen LogP contribution < -0.4 is 4.90 Å². The lowest BCUT2D eigenvalue weighted by Crippen LogP contribution is -2.11. The fraction of sp³-hybridized carbons (Fsp3) is 0. The van der Waals surface area contributed by atoms with Crippen LogP contribution in [0.25, 0.3) is 39.2 Å². The van der Waals surface area contributed by atoms with E-state index < -0.39 is 0 Å². The van der Waals surface area contributed by atoms with Gasteiger partial charge in [-0.15, -0.1) is 0 Å². The van der Waals surface area contributed by atoms with E-state index >= 15 is 0 Å². The van der Waals surface area contributed by atoms with Crippen molar-refractivity contribution in [2.24, 2.45) is 0 Å². The number of anilines is 3. The molecule has 0 spiro atoms. The predicted molar refractivity (Wildman–Crippen MR) is 150 cm³/mol. The number of hydrogen-bond acceptors (Lipinski definition) is 4. The molecule has 7 rings (SSSR count). The summed E-state index contributed by atoms with van der Waals surface area (Å²) in [6.45, 7) is 0. The van der Waals surface area contributed by atoms with Crippen molar-refractivity contribution >= 4 is 28.1 Å². The van der Waals surface area contributed by atoms with Gasteiger partial charge in [0.2, 0.25) is 0 Å². The normalized spacial score (nSPS) is 11.6. The molecule has 0 aliphatic carbocycles. The summed E-state index contributed by atoms with van der Waals surface area (Å²) in [5, 5.41) is 19.0. The summed E-state index contributed by atoms with van der Waals surface area (Å²) in [5.41, 5.74) is 9.79. The molecule has 0 bridgehead atoms. The van der Waals surface area contributed by atoms with Crippen molar-refractivity contribution in [3.8, 4) is 40.3 Å². The molecule has 176 valence electrons. The van der Waals surface area contributed by atoms with E-state index in [0.29, 0.717) is 11.1 Å². The van der Waals surface area contributed by atoms with E-state index in [2.05, 4.69) is 76.2 Å². The highest BCUT2D eigenvalue weighted by molar-refractivity contribution is 5.96. The van der Waals surface area contributed by atoms with Crippen LogP contribution in [0.3, 0.4) is 0 Å². The Morgan fingerprint density at radius 3 is 2.05 bits per heavy atom. The Kier molecular flexibility index (Phi) is 4.83. The van der Waals surface area contributed by atoms with Gasteiger partial charge < -0.3 is 4.90 Å². The van der Waals surface area contributed by atoms with E-state index in [1.807, 2.05) is 54.6 Å². The van der Waals surface area contributed by atoms with Crippen LogP contribution in [-0.2, 0) is 0 Å². The first kappa shape index (κ1) is 21.6. The highest BCUT2D eigenvalue weighted by atomic mass is 15.2. The zero-order chi connectivity index (χ0) is 25.6. The van der Waals surface area contributed by atoms with Gasteiger partial charge in [0.15, 0.2) is 0 Å². The van der Waals surface area contributed by atoms with Crippen LogP contribution >= 0.6 is 0 Å². The lowest BCUT2D eigenvalue weighted by atomic mass is 9.99. The standard InChI is InChI=1S/C33H19N5/c34-20-22-16-23(21-35)18-25(17-22)24-8-7-9-26(19-24)37-29-12-3-1-10-27(29)33-36-28-11-2-4-13-30(28)38(33)32-15-6-5-14-31(32)37/h1-19H. The molecule has 5 nitrogen and oxygen atoms in total. The number of nitriles is 2. The topological polar surface area (TPSA) is 68.6 Å². The molecule has 0 fully saturated rings. The van der Waals surface area contributed by atoms with E-state index in [1.54, 1.807) is 6.07 Å². The molecule has 1 aliphatic heterocycles. The molecular formula is C33H19N5. The van der Waals surface area contributed by atoms with Crippen LogP contribution in [0.5, 0.6) is 0 Å². The Morgan fingerprint density at radius 1 is 0.579 bits per heavy atom. The minimum Gasteiger partial charge on any atom is -0.308 e. The average molecular weight is 486 g/mol. The van der Waals surface area contributed by atoms with Gasteiger partial charge in [-0.05, 0) is 77.9 Å². The Morgan fingerprint density at radius 2 is 1.26 bits per heavy atom. The summed E-state index contributed by atoms with van der Waals surface area (Å²) in [7, 11) is 0. The fourth-order valence-corrected chi connectivity index (χ4v) is 5.31. The van der Waals surface area contributed by atoms with Gasteiger partial charge in [-0.3, -0.25) is 4.57 Å². The molecule has 5 heteroatoms. The second kappa shape index (κ2) is 8.48. The molecule has 38 heavy (non-hydrogen) atoms. The summed E-state index contributed by atoms with van der Waals surface area (Å²) in [4.78, 5) is 7.32. The molecule has 6 aromatic rings. The number of fused-ring (bicyclic) bond motifs is 7. The maximum absolute atomic E-state index is 9.50. The number of nitrogens with zero attached hydrogens (tertiary/aromatic N) is 5. The third kappa shape index (κ3) is 3.27. The van der Waals surface area contributed by atoms with Crippen molar-refractivity contribution in [2.75, 3.05) is 4.90 Å². The van der Waals surface area contributed by atoms with E-state index in [1.165, 1.54) is 0 Å². The summed E-state index contributed by atoms with van der Waals surface area (Å²) in [6.07, 6.45) is 0. The van der Waals surface area contributed by atoms with Crippen molar-refractivity contribution in [1.82, 2.24) is 9.55 Å². The first-order valence-electron chi connectivity index (χ1n) is 12.3. The minimum atomic E-state index is 0.465. The van der Waals surface area contributed by atoms with Crippen LogP contribution in [0.2, 0.25) is 0 Å². The highest BCUT2D eigenvalue weighted by Gasteiger charge is 2.28. The van der Waals surface area contributed by atoms with Crippen LogP contribution in [0.15, 0.2) is 115 Å². The Labute approximate surface area is 219 Å². The minimum absolute atomic E-state index is 0.465. The number of aromatic nitrogens is 2. The third-order valence-corrected chi connectivity index (χ3v) is 6.94. The second-order valence-corrected chi connectivity index (χ2v) is 9.17. The molecular weight excluding hydrogens is 466 g/mol. The van der Waals surface area contributed by atoms with E-state index in [-0.39, 0.29) is 0 Å². The van der Waals surface area contributed by atoms with E-state index in [0.717, 1.165) is 56.3 Å². The van der Waals surface area contributed by atoms with Crippen molar-refractivity contribution in [3.63, 3.8) is 0 Å². The third-order valence-electron chi connectivity index (χ3n) is 6.94. The zero-order valence-electron chi connectivity index (χ0n) is 20.2. The van der Waals surface area contributed by atoms with Gasteiger partial charge in [0.25, 0.3) is 0 Å². The van der Waals surface area contributed by atoms with Crippen LogP contribution in [0.4, 0.5) is 17.1 Å². The SMILES string of the molecule is N#Cc1cc(C#N)cc(-c2cccc(N3c4ccccc4-c4nc5ccccc5n4-c4ccccc43)c2)c1. The van der Waals surface area contributed by atoms with Gasteiger partial charge in [-0.1, -0.05) is 48.5 Å². The average Bonchev–Trinajstić information content (AvgIpc) is 3.32. The van der Waals surface area contributed by atoms with Gasteiger partial charge in [-0.25, -0.2) is 4.98 Å². The van der Waals surface area contributed by atoms with Gasteiger partial charge >= 0.3 is 0 Å². The number of benzene rings is 5. The predicted octanol–water partition coefficient (Wildman–Crippen LogP) is 7.89. The number of imidazole rings is 1. The maximum atomic E-state index is 9.50. The van der Waals surface area contributed by atoms with Crippen LogP contribution in [0.1, 0.15) is 11.1 Å². The first-order valence-corrected chi connectivity index (χ1v) is 12.3.